The van der Waals surface area contributed by atoms with Crippen molar-refractivity contribution < 1.29 is 56.3 Å². The normalized spacial score (nSPS) is 23.7. The molecular weight excluding hydrogens is 583 g/mol. The lowest BCUT2D eigenvalue weighted by Gasteiger charge is -2.23. The lowest BCUT2D eigenvalue weighted by molar-refractivity contribution is -0.766. The van der Waals surface area contributed by atoms with Crippen LogP contribution in [-0.2, 0) is 41.9 Å². The molecule has 1 aromatic heterocycles. The second kappa shape index (κ2) is 18.8. The van der Waals surface area contributed by atoms with Crippen LogP contribution < -0.4 is 15.4 Å². The number of aromatic nitrogens is 1. The summed E-state index contributed by atoms with van der Waals surface area (Å²) in [6, 6.07) is 3.32. The van der Waals surface area contributed by atoms with E-state index in [1.54, 1.807) is 29.1 Å². The number of primary amides is 1. The van der Waals surface area contributed by atoms with Crippen molar-refractivity contribution >= 4 is 19.7 Å². The minimum atomic E-state index is -3.81. The molecule has 0 aliphatic carbocycles. The number of pyridine rings is 1. The van der Waals surface area contributed by atoms with E-state index in [1.807, 2.05) is 13.8 Å². The number of carbonyl (C=O) groups excluding carboxylic acids is 2. The number of carboxylic acids is 1. The van der Waals surface area contributed by atoms with Crippen molar-refractivity contribution in [2.75, 3.05) is 33.5 Å². The average Bonchev–Trinajstić information content (AvgIpc) is 3.45. The molecule has 1 amide bonds. The highest BCUT2D eigenvalue weighted by molar-refractivity contribution is 7.48. The average molecular weight is 633 g/mol. The third kappa shape index (κ3) is 13.3. The Morgan fingerprint density at radius 1 is 1.02 bits per heavy atom. The molecule has 0 saturated carbocycles. The summed E-state index contributed by atoms with van der Waals surface area (Å²) in [7, 11) is -2.53. The zero-order valence-corrected chi connectivity index (χ0v) is 27.0. The van der Waals surface area contributed by atoms with Gasteiger partial charge in [-0.15, -0.1) is 0 Å². The second-order valence-corrected chi connectivity index (χ2v) is 12.6. The molecule has 43 heavy (non-hydrogen) atoms. The number of unbranched alkanes of at least 4 members (excludes halogenated alkanes) is 6. The van der Waals surface area contributed by atoms with E-state index >= 15 is 0 Å². The van der Waals surface area contributed by atoms with Crippen LogP contribution in [-0.4, -0.2) is 69.5 Å². The molecule has 13 nitrogen and oxygen atoms in total. The van der Waals surface area contributed by atoms with Gasteiger partial charge < -0.3 is 34.6 Å². The molecule has 3 rings (SSSR count). The molecule has 2 fully saturated rings. The number of carboxylic acid groups (broad SMARTS) is 1. The highest BCUT2D eigenvalue weighted by Crippen LogP contribution is 2.50. The predicted molar refractivity (Wildman–Crippen MR) is 154 cm³/mol. The Morgan fingerprint density at radius 2 is 1.65 bits per heavy atom. The van der Waals surface area contributed by atoms with E-state index < -0.39 is 50.0 Å². The lowest BCUT2D eigenvalue weighted by Crippen LogP contribution is -2.46. The standard InChI is InChI=1S/C27H45N2O9P.C2H4O2/c1-5-6-7-8-9-10-11-16-33-17-13-18-34-39(31,32-4)35-20-22-23-24(38-27(2,3)37-23)26(36-22)29-15-12-14-21(19-29)25(28)30;1-2(3)4/h12,14-15,19,22-24,26H,5-11,13,16-18,20H2,1-4H3,(H-,28,30);1H3,(H,3,4). The van der Waals surface area contributed by atoms with Crippen LogP contribution >= 0.6 is 7.82 Å². The van der Waals surface area contributed by atoms with Gasteiger partial charge in [-0.3, -0.25) is 18.4 Å². The number of fused-ring (bicyclic) bond motifs is 1. The Bertz CT molecular complexity index is 1040. The first-order valence-corrected chi connectivity index (χ1v) is 16.4. The van der Waals surface area contributed by atoms with E-state index in [0.717, 1.165) is 13.3 Å². The molecule has 3 heterocycles. The van der Waals surface area contributed by atoms with E-state index in [4.69, 9.17) is 48.2 Å². The van der Waals surface area contributed by atoms with Gasteiger partial charge in [-0.2, -0.15) is 4.57 Å². The molecule has 0 bridgehead atoms. The quantitative estimate of drug-likeness (QED) is 0.135. The maximum absolute atomic E-state index is 13.0. The monoisotopic (exact) mass is 632 g/mol. The third-order valence-electron chi connectivity index (χ3n) is 6.72. The fourth-order valence-electron chi connectivity index (χ4n) is 4.74. The van der Waals surface area contributed by atoms with Crippen molar-refractivity contribution in [1.29, 1.82) is 0 Å². The Kier molecular flexibility index (Phi) is 16.2. The van der Waals surface area contributed by atoms with Crippen LogP contribution in [0, 0.1) is 0 Å². The lowest BCUT2D eigenvalue weighted by atomic mass is 10.1. The van der Waals surface area contributed by atoms with E-state index in [0.29, 0.717) is 25.2 Å². The summed E-state index contributed by atoms with van der Waals surface area (Å²) in [5, 5.41) is 8.89. The first kappa shape index (κ1) is 37.2. The van der Waals surface area contributed by atoms with Crippen LogP contribution in [0.5, 0.6) is 0 Å². The zero-order valence-electron chi connectivity index (χ0n) is 26.1. The fourth-order valence-corrected chi connectivity index (χ4v) is 5.71. The van der Waals surface area contributed by atoms with Gasteiger partial charge in [-0.1, -0.05) is 45.4 Å². The minimum Gasteiger partial charge on any atom is -0.550 e. The van der Waals surface area contributed by atoms with Crippen LogP contribution in [0.4, 0.5) is 0 Å². The van der Waals surface area contributed by atoms with Crippen molar-refractivity contribution in [1.82, 2.24) is 0 Å². The maximum atomic E-state index is 13.0. The number of rotatable bonds is 19. The number of aliphatic carboxylic acids is 1. The summed E-state index contributed by atoms with van der Waals surface area (Å²) in [5.74, 6) is -2.49. The van der Waals surface area contributed by atoms with Crippen molar-refractivity contribution in [2.45, 2.75) is 109 Å². The van der Waals surface area contributed by atoms with Crippen LogP contribution in [0.25, 0.3) is 0 Å². The van der Waals surface area contributed by atoms with Crippen LogP contribution in [0.1, 0.15) is 95.6 Å². The number of phosphoric ester groups is 1. The van der Waals surface area contributed by atoms with Gasteiger partial charge in [0.15, 0.2) is 24.3 Å². The highest BCUT2D eigenvalue weighted by atomic mass is 31.2. The van der Waals surface area contributed by atoms with Crippen LogP contribution in [0.15, 0.2) is 24.5 Å². The largest absolute Gasteiger partial charge is 0.550 e. The van der Waals surface area contributed by atoms with E-state index in [-0.39, 0.29) is 13.2 Å². The topological polar surface area (TPSA) is 169 Å². The van der Waals surface area contributed by atoms with Gasteiger partial charge in [0.1, 0.15) is 17.8 Å². The summed E-state index contributed by atoms with van der Waals surface area (Å²) in [5.41, 5.74) is 5.77. The number of hydrogen-bond acceptors (Lipinski definition) is 11. The summed E-state index contributed by atoms with van der Waals surface area (Å²) in [4.78, 5) is 20.6. The number of ether oxygens (including phenoxy) is 4. The van der Waals surface area contributed by atoms with Gasteiger partial charge in [-0.25, -0.2) is 4.57 Å². The fraction of sp³-hybridized carbons (Fsp3) is 0.759. The predicted octanol–water partition coefficient (Wildman–Crippen LogP) is 3.19. The Labute approximate surface area is 254 Å². The molecule has 0 aromatic carbocycles. The molecule has 0 spiro atoms. The van der Waals surface area contributed by atoms with Gasteiger partial charge >= 0.3 is 7.82 Å². The molecular formula is C29H49N2O11P. The number of carbonyl (C=O) groups is 2. The minimum absolute atomic E-state index is 0.104. The summed E-state index contributed by atoms with van der Waals surface area (Å²) >= 11 is 0. The SMILES string of the molecule is CC(=O)[O-].CCCCCCCCCOCCCOP(=O)(OC)OCC1OC([n+]2cccc(C(N)=O)c2)C2OC(C)(C)OC12. The Balaban J connectivity index is 0.00000151. The number of nitrogens with zero attached hydrogens (tertiary/aromatic N) is 1. The Morgan fingerprint density at radius 3 is 2.30 bits per heavy atom. The molecule has 246 valence electrons. The van der Waals surface area contributed by atoms with Crippen molar-refractivity contribution in [3.8, 4) is 0 Å². The third-order valence-corrected chi connectivity index (χ3v) is 8.13. The van der Waals surface area contributed by atoms with Gasteiger partial charge in [0, 0.05) is 32.4 Å². The first-order valence-electron chi connectivity index (χ1n) is 14.9. The van der Waals surface area contributed by atoms with Crippen LogP contribution in [0.3, 0.4) is 0 Å². The molecule has 2 aliphatic rings. The molecule has 2 N–H and O–H groups in total. The number of hydrogen-bond donors (Lipinski definition) is 1. The maximum Gasteiger partial charge on any atom is 0.474 e. The molecule has 14 heteroatoms. The number of amides is 1. The Hall–Kier alpha value is -1.96. The molecule has 2 aliphatic heterocycles. The molecule has 5 atom stereocenters. The van der Waals surface area contributed by atoms with Crippen molar-refractivity contribution in [2.24, 2.45) is 5.73 Å². The highest BCUT2D eigenvalue weighted by Gasteiger charge is 2.59. The van der Waals surface area contributed by atoms with Gasteiger partial charge in [0.05, 0.1) is 13.2 Å². The molecule has 5 unspecified atom stereocenters. The molecule has 1 aromatic rings. The number of nitrogens with two attached hydrogens (primary N) is 1. The van der Waals surface area contributed by atoms with E-state index in [9.17, 15) is 9.36 Å². The summed E-state index contributed by atoms with van der Waals surface area (Å²) < 4.78 is 54.9. The number of phosphoric acid groups is 1. The molecule has 0 radical (unpaired) electrons. The smallest absolute Gasteiger partial charge is 0.474 e. The van der Waals surface area contributed by atoms with Crippen molar-refractivity contribution in [3.05, 3.63) is 30.1 Å². The summed E-state index contributed by atoms with van der Waals surface area (Å²) in [6.07, 6.45) is 10.4. The first-order chi connectivity index (χ1) is 20.4. The van der Waals surface area contributed by atoms with Crippen molar-refractivity contribution in [3.63, 3.8) is 0 Å². The van der Waals surface area contributed by atoms with E-state index in [2.05, 4.69) is 6.92 Å². The summed E-state index contributed by atoms with van der Waals surface area (Å²) in [6.45, 7) is 8.11. The van der Waals surface area contributed by atoms with Gasteiger partial charge in [-0.05, 0) is 39.7 Å². The second-order valence-electron chi connectivity index (χ2n) is 10.9. The molecule has 2 saturated heterocycles. The zero-order chi connectivity index (χ0) is 31.9. The van der Waals surface area contributed by atoms with E-state index in [1.165, 1.54) is 45.6 Å². The van der Waals surface area contributed by atoms with Gasteiger partial charge in [0.25, 0.3) is 12.1 Å². The van der Waals surface area contributed by atoms with Gasteiger partial charge in [0.2, 0.25) is 0 Å². The van der Waals surface area contributed by atoms with Crippen LogP contribution in [0.2, 0.25) is 0 Å².